The zero-order valence-electron chi connectivity index (χ0n) is 10.5. The van der Waals surface area contributed by atoms with Crippen LogP contribution in [0, 0.1) is 0 Å². The van der Waals surface area contributed by atoms with Crippen molar-refractivity contribution >= 4 is 5.97 Å². The molecule has 3 N–H and O–H groups in total. The lowest BCUT2D eigenvalue weighted by Gasteiger charge is -2.13. The molecule has 0 aliphatic carbocycles. The minimum absolute atomic E-state index is 0.0124. The van der Waals surface area contributed by atoms with E-state index in [-0.39, 0.29) is 6.42 Å². The van der Waals surface area contributed by atoms with Gasteiger partial charge in [-0.25, -0.2) is 0 Å². The Bertz CT molecular complexity index is 200. The van der Waals surface area contributed by atoms with Gasteiger partial charge in [-0.05, 0) is 19.9 Å². The third kappa shape index (κ3) is 10.2. The van der Waals surface area contributed by atoms with Gasteiger partial charge in [0.1, 0.15) is 0 Å². The summed E-state index contributed by atoms with van der Waals surface area (Å²) in [5.74, 6) is -0.402. The smallest absolute Gasteiger partial charge is 0.308 e. The van der Waals surface area contributed by atoms with Crippen molar-refractivity contribution in [3.8, 4) is 0 Å². The molecule has 6 heteroatoms. The Labute approximate surface area is 102 Å². The molecule has 0 spiro atoms. The number of rotatable bonds is 10. The van der Waals surface area contributed by atoms with Crippen molar-refractivity contribution in [1.82, 2.24) is 5.32 Å². The van der Waals surface area contributed by atoms with Gasteiger partial charge < -0.3 is 25.0 Å². The van der Waals surface area contributed by atoms with Gasteiger partial charge in [-0.2, -0.15) is 0 Å². The predicted octanol–water partition coefficient (Wildman–Crippen LogP) is -0.712. The van der Waals surface area contributed by atoms with Gasteiger partial charge in [0.25, 0.3) is 0 Å². The third-order valence-corrected chi connectivity index (χ3v) is 2.10. The van der Waals surface area contributed by atoms with Crippen molar-refractivity contribution in [2.75, 3.05) is 33.4 Å². The summed E-state index contributed by atoms with van der Waals surface area (Å²) < 4.78 is 9.48. The van der Waals surface area contributed by atoms with E-state index in [0.29, 0.717) is 32.7 Å². The molecule has 2 unspecified atom stereocenters. The molecule has 102 valence electrons. The lowest BCUT2D eigenvalue weighted by Crippen LogP contribution is -2.31. The van der Waals surface area contributed by atoms with E-state index < -0.39 is 18.2 Å². The Morgan fingerprint density at radius 3 is 2.65 bits per heavy atom. The average Bonchev–Trinajstić information content (AvgIpc) is 2.25. The number of aliphatic hydroxyl groups excluding tert-OH is 2. The van der Waals surface area contributed by atoms with Crippen LogP contribution in [0.4, 0.5) is 0 Å². The Balaban J connectivity index is 3.44. The van der Waals surface area contributed by atoms with E-state index in [9.17, 15) is 15.0 Å². The van der Waals surface area contributed by atoms with Gasteiger partial charge in [0.05, 0.1) is 31.8 Å². The third-order valence-electron chi connectivity index (χ3n) is 2.10. The van der Waals surface area contributed by atoms with Crippen LogP contribution in [0.25, 0.3) is 0 Å². The number of carbonyl (C=O) groups is 1. The molecular weight excluding hydrogens is 226 g/mol. The topological polar surface area (TPSA) is 88.0 Å². The Hall–Kier alpha value is -0.690. The molecule has 0 saturated carbocycles. The molecule has 0 fully saturated rings. The second kappa shape index (κ2) is 10.5. The first-order valence-electron chi connectivity index (χ1n) is 5.81. The van der Waals surface area contributed by atoms with Gasteiger partial charge in [-0.1, -0.05) is 0 Å². The molecule has 0 saturated heterocycles. The molecule has 2 atom stereocenters. The summed E-state index contributed by atoms with van der Waals surface area (Å²) in [6.45, 7) is 3.21. The van der Waals surface area contributed by atoms with E-state index in [4.69, 9.17) is 9.47 Å². The van der Waals surface area contributed by atoms with E-state index in [1.54, 1.807) is 6.92 Å². The maximum Gasteiger partial charge on any atom is 0.308 e. The molecule has 0 aliphatic rings. The summed E-state index contributed by atoms with van der Waals surface area (Å²) in [5.41, 5.74) is 0. The summed E-state index contributed by atoms with van der Waals surface area (Å²) in [4.78, 5) is 11.0. The highest BCUT2D eigenvalue weighted by molar-refractivity contribution is 5.69. The summed E-state index contributed by atoms with van der Waals surface area (Å²) in [5, 5.41) is 21.7. The van der Waals surface area contributed by atoms with Crippen molar-refractivity contribution in [2.45, 2.75) is 32.0 Å². The normalized spacial score (nSPS) is 14.4. The molecule has 0 amide bonds. The Morgan fingerprint density at radius 1 is 1.35 bits per heavy atom. The SMILES string of the molecule is CCOC(=O)CC(O)CNCCC(O)COC. The van der Waals surface area contributed by atoms with E-state index in [0.717, 1.165) is 0 Å². The summed E-state index contributed by atoms with van der Waals surface area (Å²) in [7, 11) is 1.53. The quantitative estimate of drug-likeness (QED) is 0.350. The van der Waals surface area contributed by atoms with Crippen molar-refractivity contribution < 1.29 is 24.5 Å². The van der Waals surface area contributed by atoms with Crippen LogP contribution in [0.15, 0.2) is 0 Å². The fourth-order valence-corrected chi connectivity index (χ4v) is 1.30. The Morgan fingerprint density at radius 2 is 2.06 bits per heavy atom. The number of hydrogen-bond donors (Lipinski definition) is 3. The lowest BCUT2D eigenvalue weighted by atomic mass is 10.2. The van der Waals surface area contributed by atoms with Gasteiger partial charge in [-0.3, -0.25) is 4.79 Å². The van der Waals surface area contributed by atoms with E-state index in [1.165, 1.54) is 7.11 Å². The summed E-state index contributed by atoms with van der Waals surface area (Å²) in [6.07, 6.45) is -0.732. The summed E-state index contributed by atoms with van der Waals surface area (Å²) in [6, 6.07) is 0. The van der Waals surface area contributed by atoms with Gasteiger partial charge in [0.15, 0.2) is 0 Å². The van der Waals surface area contributed by atoms with Crippen molar-refractivity contribution in [3.63, 3.8) is 0 Å². The molecule has 0 aliphatic heterocycles. The van der Waals surface area contributed by atoms with Crippen LogP contribution < -0.4 is 5.32 Å². The Kier molecular flexibility index (Phi) is 10.0. The number of aliphatic hydroxyl groups is 2. The molecule has 17 heavy (non-hydrogen) atoms. The van der Waals surface area contributed by atoms with Gasteiger partial charge in [0.2, 0.25) is 0 Å². The van der Waals surface area contributed by atoms with Gasteiger partial charge in [-0.15, -0.1) is 0 Å². The van der Waals surface area contributed by atoms with Gasteiger partial charge >= 0.3 is 5.97 Å². The molecule has 0 aromatic heterocycles. The number of carbonyl (C=O) groups excluding carboxylic acids is 1. The second-order valence-corrected chi connectivity index (χ2v) is 3.76. The largest absolute Gasteiger partial charge is 0.466 e. The number of esters is 1. The van der Waals surface area contributed by atoms with E-state index in [1.807, 2.05) is 0 Å². The standard InChI is InChI=1S/C11H23NO5/c1-3-17-11(15)6-10(14)7-12-5-4-9(13)8-16-2/h9-10,12-14H,3-8H2,1-2H3. The highest BCUT2D eigenvalue weighted by atomic mass is 16.5. The molecule has 0 heterocycles. The van der Waals surface area contributed by atoms with Crippen molar-refractivity contribution in [3.05, 3.63) is 0 Å². The predicted molar refractivity (Wildman–Crippen MR) is 62.6 cm³/mol. The molecule has 0 bridgehead atoms. The van der Waals surface area contributed by atoms with Crippen LogP contribution in [0.1, 0.15) is 19.8 Å². The zero-order valence-corrected chi connectivity index (χ0v) is 10.5. The molecule has 0 aromatic rings. The monoisotopic (exact) mass is 249 g/mol. The number of hydrogen-bond acceptors (Lipinski definition) is 6. The van der Waals surface area contributed by atoms with Gasteiger partial charge in [0, 0.05) is 13.7 Å². The maximum atomic E-state index is 11.0. The van der Waals surface area contributed by atoms with E-state index in [2.05, 4.69) is 5.32 Å². The lowest BCUT2D eigenvalue weighted by molar-refractivity contribution is -0.145. The maximum absolute atomic E-state index is 11.0. The molecular formula is C11H23NO5. The summed E-state index contributed by atoms with van der Waals surface area (Å²) >= 11 is 0. The first-order valence-corrected chi connectivity index (χ1v) is 5.81. The molecule has 6 nitrogen and oxygen atoms in total. The minimum atomic E-state index is -0.756. The van der Waals surface area contributed by atoms with Crippen LogP contribution in [-0.2, 0) is 14.3 Å². The van der Waals surface area contributed by atoms with Crippen molar-refractivity contribution in [1.29, 1.82) is 0 Å². The second-order valence-electron chi connectivity index (χ2n) is 3.76. The first-order chi connectivity index (χ1) is 8.10. The minimum Gasteiger partial charge on any atom is -0.466 e. The van der Waals surface area contributed by atoms with E-state index >= 15 is 0 Å². The highest BCUT2D eigenvalue weighted by Gasteiger charge is 2.11. The molecule has 0 radical (unpaired) electrons. The zero-order chi connectivity index (χ0) is 13.1. The number of methoxy groups -OCH3 is 1. The van der Waals surface area contributed by atoms with Crippen LogP contribution in [0.3, 0.4) is 0 Å². The molecule has 0 aromatic carbocycles. The average molecular weight is 249 g/mol. The highest BCUT2D eigenvalue weighted by Crippen LogP contribution is 1.94. The van der Waals surface area contributed by atoms with Crippen LogP contribution in [0.5, 0.6) is 0 Å². The van der Waals surface area contributed by atoms with Crippen molar-refractivity contribution in [2.24, 2.45) is 0 Å². The van der Waals surface area contributed by atoms with Crippen LogP contribution in [-0.4, -0.2) is 61.8 Å². The first kappa shape index (κ1) is 16.3. The fraction of sp³-hybridized carbons (Fsp3) is 0.909. The fourth-order valence-electron chi connectivity index (χ4n) is 1.30. The number of ether oxygens (including phenoxy) is 2. The molecule has 0 rings (SSSR count). The number of nitrogens with one attached hydrogen (secondary N) is 1. The van der Waals surface area contributed by atoms with Crippen LogP contribution in [0.2, 0.25) is 0 Å². The van der Waals surface area contributed by atoms with Crippen LogP contribution >= 0.6 is 0 Å².